The molecular weight excluding hydrogens is 608 g/mol. The van der Waals surface area contributed by atoms with E-state index in [1.165, 1.54) is 0 Å². The van der Waals surface area contributed by atoms with Crippen molar-refractivity contribution < 1.29 is 19.5 Å². The number of aromatic nitrogens is 3. The number of likely N-dealkylation sites (N-methyl/N-ethyl adjacent to an activating group) is 1. The lowest BCUT2D eigenvalue weighted by Gasteiger charge is -2.40. The monoisotopic (exact) mass is 644 g/mol. The maximum absolute atomic E-state index is 14.7. The number of carbonyl (C=O) groups is 3. The molecule has 3 unspecified atom stereocenters. The van der Waals surface area contributed by atoms with Gasteiger partial charge in [0.2, 0.25) is 17.7 Å². The van der Waals surface area contributed by atoms with E-state index in [-0.39, 0.29) is 53.5 Å². The molecule has 5 rings (SSSR count). The first-order chi connectivity index (χ1) is 19.6. The highest BCUT2D eigenvalue weighted by molar-refractivity contribution is 9.09. The number of benzene rings is 1. The van der Waals surface area contributed by atoms with Gasteiger partial charge in [-0.25, -0.2) is 4.68 Å². The number of aliphatic hydroxyl groups excluding tert-OH is 1. The molecule has 3 amide bonds. The first-order valence-corrected chi connectivity index (χ1v) is 15.7. The fourth-order valence-electron chi connectivity index (χ4n) is 6.87. The van der Waals surface area contributed by atoms with E-state index >= 15 is 0 Å². The number of halogens is 1. The maximum Gasteiger partial charge on any atom is 0.248 e. The van der Waals surface area contributed by atoms with Crippen molar-refractivity contribution >= 4 is 56.4 Å². The van der Waals surface area contributed by atoms with Crippen molar-refractivity contribution in [1.82, 2.24) is 29.7 Å². The van der Waals surface area contributed by atoms with Crippen LogP contribution in [0.3, 0.4) is 0 Å². The predicted octanol–water partition coefficient (Wildman–Crippen LogP) is 2.53. The molecule has 3 aliphatic heterocycles. The van der Waals surface area contributed by atoms with Crippen molar-refractivity contribution in [3.05, 3.63) is 49.6 Å². The van der Waals surface area contributed by atoms with Crippen LogP contribution in [0.5, 0.6) is 0 Å². The van der Waals surface area contributed by atoms with Crippen LogP contribution >= 0.6 is 27.7 Å². The molecule has 2 aromatic rings. The van der Waals surface area contributed by atoms with E-state index in [9.17, 15) is 19.5 Å². The quantitative estimate of drug-likeness (QED) is 0.296. The van der Waals surface area contributed by atoms with E-state index in [4.69, 9.17) is 0 Å². The molecule has 3 aliphatic rings. The summed E-state index contributed by atoms with van der Waals surface area (Å²) < 4.78 is 0.844. The number of hydrogen-bond donors (Lipinski definition) is 1. The number of likely N-dealkylation sites (tertiary alicyclic amines) is 1. The van der Waals surface area contributed by atoms with Gasteiger partial charge < -0.3 is 19.8 Å². The molecule has 1 aromatic heterocycles. The molecule has 3 saturated heterocycles. The smallest absolute Gasteiger partial charge is 0.248 e. The molecule has 12 heteroatoms. The van der Waals surface area contributed by atoms with Gasteiger partial charge in [0, 0.05) is 30.2 Å². The van der Waals surface area contributed by atoms with Gasteiger partial charge in [-0.1, -0.05) is 59.3 Å². The Hall–Kier alpha value is -2.70. The second-order valence-corrected chi connectivity index (χ2v) is 14.2. The molecule has 4 heterocycles. The van der Waals surface area contributed by atoms with Crippen LogP contribution in [-0.4, -0.2) is 106 Å². The number of nitrogens with zero attached hydrogens (tertiary/aromatic N) is 6. The van der Waals surface area contributed by atoms with Crippen LogP contribution in [0.25, 0.3) is 11.0 Å². The van der Waals surface area contributed by atoms with E-state index in [2.05, 4.69) is 39.4 Å². The van der Waals surface area contributed by atoms with Crippen molar-refractivity contribution in [2.75, 3.05) is 26.7 Å². The molecule has 220 valence electrons. The van der Waals surface area contributed by atoms with Gasteiger partial charge in [0.1, 0.15) is 18.2 Å². The van der Waals surface area contributed by atoms with Gasteiger partial charge in [-0.05, 0) is 24.5 Å². The fraction of sp³-hybridized carbons (Fsp3) is 0.552. The third kappa shape index (κ3) is 4.71. The Kier molecular flexibility index (Phi) is 8.37. The van der Waals surface area contributed by atoms with Crippen LogP contribution in [0.15, 0.2) is 49.6 Å². The summed E-state index contributed by atoms with van der Waals surface area (Å²) >= 11 is 5.40. The number of thioether (sulfide) groups is 1. The van der Waals surface area contributed by atoms with Crippen LogP contribution in [-0.2, 0) is 21.1 Å². The molecule has 0 aliphatic carbocycles. The molecule has 7 atom stereocenters. The molecular formula is C29H37BrN6O4S. The number of alkyl halides is 1. The van der Waals surface area contributed by atoms with E-state index < -0.39 is 28.7 Å². The Morgan fingerprint density at radius 3 is 2.61 bits per heavy atom. The third-order valence-corrected chi connectivity index (χ3v) is 11.9. The lowest BCUT2D eigenvalue weighted by Crippen LogP contribution is -2.58. The van der Waals surface area contributed by atoms with Gasteiger partial charge in [0.15, 0.2) is 0 Å². The summed E-state index contributed by atoms with van der Waals surface area (Å²) in [5, 5.41) is 18.9. The molecule has 0 radical (unpaired) electrons. The van der Waals surface area contributed by atoms with Gasteiger partial charge in [-0.2, -0.15) is 0 Å². The average Bonchev–Trinajstić information content (AvgIpc) is 3.66. The summed E-state index contributed by atoms with van der Waals surface area (Å²) in [6.45, 7) is 11.9. The fourth-order valence-corrected chi connectivity index (χ4v) is 10.5. The highest BCUT2D eigenvalue weighted by Crippen LogP contribution is 2.68. The summed E-state index contributed by atoms with van der Waals surface area (Å²) in [6, 6.07) is 6.08. The van der Waals surface area contributed by atoms with E-state index in [1.807, 2.05) is 38.1 Å². The van der Waals surface area contributed by atoms with E-state index in [1.54, 1.807) is 50.3 Å². The van der Waals surface area contributed by atoms with Crippen LogP contribution < -0.4 is 0 Å². The van der Waals surface area contributed by atoms with Gasteiger partial charge in [-0.3, -0.25) is 14.4 Å². The first-order valence-electron chi connectivity index (χ1n) is 13.9. The second kappa shape index (κ2) is 11.5. The Morgan fingerprint density at radius 2 is 1.95 bits per heavy atom. The molecule has 1 spiro atoms. The predicted molar refractivity (Wildman–Crippen MR) is 162 cm³/mol. The first kappa shape index (κ1) is 29.8. The van der Waals surface area contributed by atoms with Gasteiger partial charge >= 0.3 is 0 Å². The van der Waals surface area contributed by atoms with Gasteiger partial charge in [0.05, 0.1) is 34.7 Å². The van der Waals surface area contributed by atoms with Crippen molar-refractivity contribution in [2.45, 2.75) is 53.8 Å². The summed E-state index contributed by atoms with van der Waals surface area (Å²) in [7, 11) is 1.72. The third-order valence-electron chi connectivity index (χ3n) is 8.73. The number of hydrogen-bond acceptors (Lipinski definition) is 7. The standard InChI is InChI=1S/C29H37BrN6O4S/c1-6-12-33(5)26(38)22-23-27(39)36(21(15-37)17(3)4)25(29(23)14-18(30)24(22)41-29)28(40)34(13-7-2)16-35-20-11-9-8-10-19(20)31-32-35/h6-11,17-18,21-25,37H,1-2,12-16H2,3-5H3/t18?,21-,22-,23-,24-,25?,29?/m0/s1. The number of para-hydroxylation sites is 1. The number of aliphatic hydroxyl groups is 1. The maximum atomic E-state index is 14.7. The van der Waals surface area contributed by atoms with Crippen LogP contribution in [0.4, 0.5) is 0 Å². The van der Waals surface area contributed by atoms with Crippen molar-refractivity contribution in [2.24, 2.45) is 17.8 Å². The minimum absolute atomic E-state index is 0.0448. The van der Waals surface area contributed by atoms with Gasteiger partial charge in [0.25, 0.3) is 0 Å². The van der Waals surface area contributed by atoms with Crippen LogP contribution in [0, 0.1) is 17.8 Å². The van der Waals surface area contributed by atoms with E-state index in [0.29, 0.717) is 18.5 Å². The van der Waals surface area contributed by atoms with Gasteiger partial charge in [-0.15, -0.1) is 30.0 Å². The highest BCUT2D eigenvalue weighted by Gasteiger charge is 2.76. The van der Waals surface area contributed by atoms with Crippen molar-refractivity contribution in [3.8, 4) is 0 Å². The number of amides is 3. The topological polar surface area (TPSA) is 112 Å². The van der Waals surface area contributed by atoms with Crippen LogP contribution in [0.2, 0.25) is 0 Å². The zero-order valence-corrected chi connectivity index (χ0v) is 26.0. The minimum Gasteiger partial charge on any atom is -0.394 e. The highest BCUT2D eigenvalue weighted by atomic mass is 79.9. The number of rotatable bonds is 11. The number of fused-ring (bicyclic) bond motifs is 2. The number of carbonyl (C=O) groups excluding carboxylic acids is 3. The lowest BCUT2D eigenvalue weighted by molar-refractivity contribution is -0.148. The Labute approximate surface area is 252 Å². The second-order valence-electron chi connectivity index (χ2n) is 11.5. The molecule has 1 N–H and O–H groups in total. The summed E-state index contributed by atoms with van der Waals surface area (Å²) in [5.41, 5.74) is 1.50. The Morgan fingerprint density at radius 1 is 1.24 bits per heavy atom. The largest absolute Gasteiger partial charge is 0.394 e. The molecule has 3 fully saturated rings. The normalized spacial score (nSPS) is 29.2. The SMILES string of the molecule is C=CCN(C)C(=O)[C@H]1[C@H]2C(=O)N([C@@H](CO)C(C)C)C(C(=O)N(CC=C)Cn3nnc4ccccc43)C23CC(Br)[C@@H]1S3. The molecule has 41 heavy (non-hydrogen) atoms. The minimum atomic E-state index is -0.869. The Bertz CT molecular complexity index is 1370. The summed E-state index contributed by atoms with van der Waals surface area (Å²) in [5.74, 6) is -1.98. The van der Waals surface area contributed by atoms with Crippen LogP contribution in [0.1, 0.15) is 20.3 Å². The summed E-state index contributed by atoms with van der Waals surface area (Å²) in [4.78, 5) is 47.8. The molecule has 0 saturated carbocycles. The Balaban J connectivity index is 1.59. The zero-order valence-electron chi connectivity index (χ0n) is 23.6. The van der Waals surface area contributed by atoms with E-state index in [0.717, 1.165) is 5.52 Å². The lowest BCUT2D eigenvalue weighted by atomic mass is 9.70. The molecule has 1 aromatic carbocycles. The van der Waals surface area contributed by atoms with Crippen molar-refractivity contribution in [3.63, 3.8) is 0 Å². The average molecular weight is 646 g/mol. The molecule has 10 nitrogen and oxygen atoms in total. The molecule has 2 bridgehead atoms. The van der Waals surface area contributed by atoms with Crippen molar-refractivity contribution in [1.29, 1.82) is 0 Å². The zero-order chi connectivity index (χ0) is 29.6. The summed E-state index contributed by atoms with van der Waals surface area (Å²) in [6.07, 6.45) is 3.88.